The Balaban J connectivity index is 2.36. The monoisotopic (exact) mass is 329 g/mol. The quantitative estimate of drug-likeness (QED) is 0.424. The topological polar surface area (TPSA) is 75.6 Å². The van der Waals surface area contributed by atoms with Crippen LogP contribution in [0.3, 0.4) is 0 Å². The highest BCUT2D eigenvalue weighted by Crippen LogP contribution is 2.53. The molecule has 2 heterocycles. The lowest BCUT2D eigenvalue weighted by Gasteiger charge is -2.54. The average Bonchev–Trinajstić information content (AvgIpc) is 2.66. The third-order valence-corrected chi connectivity index (χ3v) is 5.27. The lowest BCUT2D eigenvalue weighted by atomic mass is 9.65. The molecule has 0 aromatic carbocycles. The number of hydrogen-bond donors (Lipinski definition) is 2. The summed E-state index contributed by atoms with van der Waals surface area (Å²) in [6.07, 6.45) is 4.77. The molecule has 0 aromatic rings. The molecule has 2 fully saturated rings. The van der Waals surface area contributed by atoms with Gasteiger partial charge in [0.25, 0.3) is 0 Å². The summed E-state index contributed by atoms with van der Waals surface area (Å²) in [4.78, 5) is 24.5. The van der Waals surface area contributed by atoms with E-state index < -0.39 is 29.1 Å². The second-order valence-electron chi connectivity index (χ2n) is 6.18. The Bertz CT molecular complexity index is 495. The minimum absolute atomic E-state index is 0.220. The van der Waals surface area contributed by atoms with Crippen LogP contribution in [-0.4, -0.2) is 40.1 Å². The van der Waals surface area contributed by atoms with E-state index in [-0.39, 0.29) is 11.8 Å². The molecule has 2 saturated heterocycles. The van der Waals surface area contributed by atoms with Crippen LogP contribution in [0.25, 0.3) is 0 Å². The fourth-order valence-electron chi connectivity index (χ4n) is 3.66. The Kier molecular flexibility index (Phi) is 4.87. The van der Waals surface area contributed by atoms with Gasteiger partial charge in [0.2, 0.25) is 11.4 Å². The number of esters is 1. The number of rotatable bonds is 7. The first kappa shape index (κ1) is 17.3. The van der Waals surface area contributed by atoms with Crippen LogP contribution in [0.15, 0.2) is 12.2 Å². The zero-order valence-electron chi connectivity index (χ0n) is 13.3. The second kappa shape index (κ2) is 6.20. The van der Waals surface area contributed by atoms with Crippen LogP contribution in [0.2, 0.25) is 0 Å². The minimum atomic E-state index is -1.36. The highest BCUT2D eigenvalue weighted by Gasteiger charge is 2.79. The van der Waals surface area contributed by atoms with Crippen molar-refractivity contribution in [2.75, 3.05) is 5.88 Å². The van der Waals surface area contributed by atoms with Gasteiger partial charge >= 0.3 is 5.97 Å². The van der Waals surface area contributed by atoms with Gasteiger partial charge in [0.05, 0.1) is 12.0 Å². The maximum atomic E-state index is 12.3. The Labute approximate surface area is 136 Å². The highest BCUT2D eigenvalue weighted by atomic mass is 35.5. The van der Waals surface area contributed by atoms with E-state index in [1.807, 2.05) is 26.0 Å². The van der Waals surface area contributed by atoms with E-state index in [0.717, 1.165) is 6.42 Å². The number of alkyl halides is 1. The highest BCUT2D eigenvalue weighted by molar-refractivity contribution is 6.18. The molecule has 0 aromatic heterocycles. The van der Waals surface area contributed by atoms with Crippen molar-refractivity contribution in [3.05, 3.63) is 12.2 Å². The minimum Gasteiger partial charge on any atom is -0.453 e. The van der Waals surface area contributed by atoms with E-state index in [4.69, 9.17) is 16.3 Å². The molecule has 124 valence electrons. The summed E-state index contributed by atoms with van der Waals surface area (Å²) in [5, 5.41) is 13.6. The number of halogens is 1. The van der Waals surface area contributed by atoms with Gasteiger partial charge < -0.3 is 15.2 Å². The zero-order chi connectivity index (χ0) is 16.5. The van der Waals surface area contributed by atoms with Crippen LogP contribution in [0.5, 0.6) is 0 Å². The summed E-state index contributed by atoms with van der Waals surface area (Å²) in [7, 11) is 0. The van der Waals surface area contributed by atoms with Gasteiger partial charge in [0, 0.05) is 11.8 Å². The number of carbonyl (C=O) groups is 2. The summed E-state index contributed by atoms with van der Waals surface area (Å²) in [6, 6.07) is 0. The molecule has 22 heavy (non-hydrogen) atoms. The van der Waals surface area contributed by atoms with Gasteiger partial charge in [-0.3, -0.25) is 4.79 Å². The molecule has 2 rings (SSSR count). The average molecular weight is 330 g/mol. The van der Waals surface area contributed by atoms with Crippen molar-refractivity contribution in [3.8, 4) is 0 Å². The van der Waals surface area contributed by atoms with E-state index in [9.17, 15) is 14.7 Å². The predicted molar refractivity (Wildman–Crippen MR) is 83.4 cm³/mol. The Morgan fingerprint density at radius 1 is 1.45 bits per heavy atom. The van der Waals surface area contributed by atoms with E-state index >= 15 is 0 Å². The van der Waals surface area contributed by atoms with Crippen molar-refractivity contribution in [2.24, 2.45) is 11.8 Å². The molecule has 6 heteroatoms. The van der Waals surface area contributed by atoms with Crippen LogP contribution in [0, 0.1) is 11.8 Å². The van der Waals surface area contributed by atoms with E-state index in [0.29, 0.717) is 18.7 Å². The van der Waals surface area contributed by atoms with Crippen molar-refractivity contribution in [2.45, 2.75) is 57.3 Å². The number of hydrogen-bond acceptors (Lipinski definition) is 4. The van der Waals surface area contributed by atoms with Gasteiger partial charge in [-0.1, -0.05) is 26.0 Å². The largest absolute Gasteiger partial charge is 0.453 e. The molecule has 5 nitrogen and oxygen atoms in total. The Morgan fingerprint density at radius 3 is 2.64 bits per heavy atom. The second-order valence-corrected chi connectivity index (χ2v) is 6.56. The Hall–Kier alpha value is -1.07. The number of ether oxygens (including phenoxy) is 1. The lowest BCUT2D eigenvalue weighted by molar-refractivity contribution is -0.238. The van der Waals surface area contributed by atoms with Gasteiger partial charge in [0.1, 0.15) is 0 Å². The molecule has 0 saturated carbocycles. The van der Waals surface area contributed by atoms with Gasteiger partial charge in [-0.05, 0) is 26.2 Å². The number of aliphatic hydroxyl groups is 1. The normalized spacial score (nSPS) is 36.5. The summed E-state index contributed by atoms with van der Waals surface area (Å²) >= 11 is 5.77. The molecule has 0 aliphatic carbocycles. The van der Waals surface area contributed by atoms with Gasteiger partial charge in [0.15, 0.2) is 5.60 Å². The molecule has 0 unspecified atom stereocenters. The number of fused-ring (bicyclic) bond motifs is 1. The molecular weight excluding hydrogens is 306 g/mol. The molecule has 5 atom stereocenters. The van der Waals surface area contributed by atoms with Crippen LogP contribution < -0.4 is 5.32 Å². The SMILES string of the molecule is CC/C=C\[C@H](CC)[C@H](O)[C@@]12NC(=O)[C@H](CCCl)[C@]1(C)OC2=O. The maximum absolute atomic E-state index is 12.3. The first-order chi connectivity index (χ1) is 10.4. The van der Waals surface area contributed by atoms with Crippen LogP contribution in [-0.2, 0) is 14.3 Å². The standard InChI is InChI=1S/C16H24ClNO4/c1-4-6-7-10(5-2)12(19)16-14(21)22-15(16,3)11(8-9-17)13(20)18-16/h6-7,10-12,19H,4-5,8-9H2,1-3H3,(H,18,20)/b7-6-/t10-,11-,12-,15-,16-/m0/s1. The third-order valence-electron chi connectivity index (χ3n) is 5.05. The summed E-state index contributed by atoms with van der Waals surface area (Å²) in [5.41, 5.74) is -2.40. The number of carbonyl (C=O) groups excluding carboxylic acids is 2. The zero-order valence-corrected chi connectivity index (χ0v) is 14.0. The predicted octanol–water partition coefficient (Wildman–Crippen LogP) is 1.77. The number of aliphatic hydroxyl groups excluding tert-OH is 1. The van der Waals surface area contributed by atoms with Crippen molar-refractivity contribution < 1.29 is 19.4 Å². The third kappa shape index (κ3) is 2.17. The van der Waals surface area contributed by atoms with Crippen molar-refractivity contribution >= 4 is 23.5 Å². The lowest BCUT2D eigenvalue weighted by Crippen LogP contribution is -2.80. The molecule has 2 N–H and O–H groups in total. The fraction of sp³-hybridized carbons (Fsp3) is 0.750. The first-order valence-corrected chi connectivity index (χ1v) is 8.38. The Morgan fingerprint density at radius 2 is 2.14 bits per heavy atom. The van der Waals surface area contributed by atoms with E-state index in [1.54, 1.807) is 6.92 Å². The molecule has 2 aliphatic heterocycles. The number of amides is 1. The van der Waals surface area contributed by atoms with E-state index in [2.05, 4.69) is 5.32 Å². The molecule has 0 bridgehead atoms. The summed E-state index contributed by atoms with van der Waals surface area (Å²) in [6.45, 7) is 5.66. The molecule has 1 amide bonds. The van der Waals surface area contributed by atoms with Gasteiger partial charge in [-0.25, -0.2) is 4.79 Å². The molecule has 2 aliphatic rings. The van der Waals surface area contributed by atoms with Gasteiger partial charge in [-0.2, -0.15) is 0 Å². The fourth-order valence-corrected chi connectivity index (χ4v) is 3.88. The van der Waals surface area contributed by atoms with Crippen molar-refractivity contribution in [1.29, 1.82) is 0 Å². The van der Waals surface area contributed by atoms with Crippen LogP contribution in [0.1, 0.15) is 40.0 Å². The maximum Gasteiger partial charge on any atom is 0.339 e. The smallest absolute Gasteiger partial charge is 0.339 e. The van der Waals surface area contributed by atoms with Crippen molar-refractivity contribution in [1.82, 2.24) is 5.32 Å². The number of allylic oxidation sites excluding steroid dienone is 1. The molecule has 0 radical (unpaired) electrons. The first-order valence-electron chi connectivity index (χ1n) is 7.85. The molecular formula is C16H24ClNO4. The van der Waals surface area contributed by atoms with E-state index in [1.165, 1.54) is 0 Å². The van der Waals surface area contributed by atoms with Gasteiger partial charge in [-0.15, -0.1) is 11.6 Å². The van der Waals surface area contributed by atoms with Crippen LogP contribution >= 0.6 is 11.6 Å². The molecule has 0 spiro atoms. The van der Waals surface area contributed by atoms with Crippen molar-refractivity contribution in [3.63, 3.8) is 0 Å². The van der Waals surface area contributed by atoms with Crippen LogP contribution in [0.4, 0.5) is 0 Å². The summed E-state index contributed by atoms with van der Waals surface area (Å²) in [5.74, 6) is -1.28. The summed E-state index contributed by atoms with van der Waals surface area (Å²) < 4.78 is 5.34. The number of nitrogens with one attached hydrogen (secondary N) is 1.